The first-order valence-corrected chi connectivity index (χ1v) is 7.49. The van der Waals surface area contributed by atoms with Gasteiger partial charge in [-0.1, -0.05) is 23.2 Å². The van der Waals surface area contributed by atoms with Gasteiger partial charge in [0.2, 0.25) is 0 Å². The molecule has 0 radical (unpaired) electrons. The molecule has 0 bridgehead atoms. The van der Waals surface area contributed by atoms with Crippen molar-refractivity contribution in [2.75, 3.05) is 17.7 Å². The molecule has 0 aliphatic carbocycles. The van der Waals surface area contributed by atoms with Crippen LogP contribution in [-0.4, -0.2) is 23.4 Å². The molecule has 130 valence electrons. The van der Waals surface area contributed by atoms with Gasteiger partial charge < -0.3 is 15.8 Å². The Bertz CT molecular complexity index is 857. The van der Waals surface area contributed by atoms with Gasteiger partial charge in [-0.3, -0.25) is 14.9 Å². The lowest BCUT2D eigenvalue weighted by Gasteiger charge is -2.09. The molecule has 0 atom stereocenters. The van der Waals surface area contributed by atoms with Crippen LogP contribution in [0.1, 0.15) is 10.4 Å². The van der Waals surface area contributed by atoms with E-state index in [2.05, 4.69) is 5.32 Å². The molecule has 2 aromatic rings. The second kappa shape index (κ2) is 7.82. The summed E-state index contributed by atoms with van der Waals surface area (Å²) < 4.78 is 4.84. The Morgan fingerprint density at radius 3 is 2.48 bits per heavy atom. The Morgan fingerprint density at radius 1 is 1.16 bits per heavy atom. The summed E-state index contributed by atoms with van der Waals surface area (Å²) in [5.74, 6) is -1.63. The molecule has 1 amide bonds. The second-order valence-electron chi connectivity index (χ2n) is 4.77. The molecule has 0 saturated carbocycles. The van der Waals surface area contributed by atoms with Crippen molar-refractivity contribution in [3.05, 3.63) is 62.1 Å². The van der Waals surface area contributed by atoms with E-state index in [4.69, 9.17) is 33.7 Å². The average Bonchev–Trinajstić information content (AvgIpc) is 2.54. The van der Waals surface area contributed by atoms with Crippen LogP contribution < -0.4 is 11.1 Å². The lowest BCUT2D eigenvalue weighted by atomic mass is 10.2. The summed E-state index contributed by atoms with van der Waals surface area (Å²) in [4.78, 5) is 34.1. The molecule has 3 N–H and O–H groups in total. The van der Waals surface area contributed by atoms with Crippen molar-refractivity contribution in [2.45, 2.75) is 0 Å². The van der Waals surface area contributed by atoms with E-state index in [0.717, 1.165) is 6.07 Å². The van der Waals surface area contributed by atoms with Gasteiger partial charge in [-0.2, -0.15) is 0 Å². The topological polar surface area (TPSA) is 125 Å². The molecule has 25 heavy (non-hydrogen) atoms. The minimum atomic E-state index is -0.851. The molecule has 0 fully saturated rings. The Balaban J connectivity index is 2.04. The van der Waals surface area contributed by atoms with E-state index in [1.165, 1.54) is 30.3 Å². The maximum Gasteiger partial charge on any atom is 0.340 e. The van der Waals surface area contributed by atoms with Gasteiger partial charge in [-0.05, 0) is 30.3 Å². The number of nitrogens with two attached hydrogens (primary N) is 1. The van der Waals surface area contributed by atoms with E-state index in [1.54, 1.807) is 0 Å². The van der Waals surface area contributed by atoms with Crippen LogP contribution in [0.2, 0.25) is 10.0 Å². The van der Waals surface area contributed by atoms with Crippen LogP contribution in [0.3, 0.4) is 0 Å². The fourth-order valence-electron chi connectivity index (χ4n) is 1.87. The van der Waals surface area contributed by atoms with Crippen LogP contribution in [0.5, 0.6) is 0 Å². The van der Waals surface area contributed by atoms with Crippen LogP contribution in [0.15, 0.2) is 36.4 Å². The fraction of sp³-hybridized carbons (Fsp3) is 0.0667. The number of esters is 1. The number of ether oxygens (including phenoxy) is 1. The van der Waals surface area contributed by atoms with Crippen LogP contribution in [0, 0.1) is 10.1 Å². The first kappa shape index (κ1) is 18.5. The van der Waals surface area contributed by atoms with E-state index < -0.39 is 23.4 Å². The zero-order valence-electron chi connectivity index (χ0n) is 12.5. The number of benzene rings is 2. The Labute approximate surface area is 151 Å². The van der Waals surface area contributed by atoms with Crippen LogP contribution in [0.25, 0.3) is 0 Å². The SMILES string of the molecule is Nc1ccc(Cl)cc1C(=O)OCC(=O)Nc1cc(Cl)ccc1[N+](=O)[O-]. The number of hydrogen-bond acceptors (Lipinski definition) is 6. The number of amides is 1. The third-order valence-electron chi connectivity index (χ3n) is 3.00. The van der Waals surface area contributed by atoms with Gasteiger partial charge in [0.05, 0.1) is 10.5 Å². The quantitative estimate of drug-likeness (QED) is 0.353. The molecule has 2 rings (SSSR count). The van der Waals surface area contributed by atoms with Gasteiger partial charge in [-0.15, -0.1) is 0 Å². The molecule has 8 nitrogen and oxygen atoms in total. The van der Waals surface area contributed by atoms with E-state index in [1.807, 2.05) is 0 Å². The summed E-state index contributed by atoms with van der Waals surface area (Å²) in [5.41, 5.74) is 5.33. The Hall–Kier alpha value is -2.84. The number of carbonyl (C=O) groups excluding carboxylic acids is 2. The normalized spacial score (nSPS) is 10.2. The molecule has 0 aliphatic rings. The highest BCUT2D eigenvalue weighted by Gasteiger charge is 2.18. The highest BCUT2D eigenvalue weighted by molar-refractivity contribution is 6.31. The molecular weight excluding hydrogens is 373 g/mol. The fourth-order valence-corrected chi connectivity index (χ4v) is 2.21. The summed E-state index contributed by atoms with van der Waals surface area (Å²) in [7, 11) is 0. The number of nitrogens with one attached hydrogen (secondary N) is 1. The van der Waals surface area contributed by atoms with Crippen molar-refractivity contribution in [2.24, 2.45) is 0 Å². The number of anilines is 2. The van der Waals surface area contributed by atoms with Crippen molar-refractivity contribution in [1.82, 2.24) is 0 Å². The molecule has 0 saturated heterocycles. The maximum absolute atomic E-state index is 11.9. The van der Waals surface area contributed by atoms with E-state index in [-0.39, 0.29) is 32.7 Å². The van der Waals surface area contributed by atoms with Gasteiger partial charge in [-0.25, -0.2) is 4.79 Å². The van der Waals surface area contributed by atoms with E-state index in [9.17, 15) is 19.7 Å². The summed E-state index contributed by atoms with van der Waals surface area (Å²) >= 11 is 11.5. The molecule has 0 aliphatic heterocycles. The maximum atomic E-state index is 11.9. The molecule has 0 heterocycles. The summed E-state index contributed by atoms with van der Waals surface area (Å²) in [5, 5.41) is 13.7. The third kappa shape index (κ3) is 4.82. The first-order valence-electron chi connectivity index (χ1n) is 6.74. The number of rotatable bonds is 5. The van der Waals surface area contributed by atoms with Crippen LogP contribution in [-0.2, 0) is 9.53 Å². The van der Waals surface area contributed by atoms with Crippen molar-refractivity contribution in [3.8, 4) is 0 Å². The number of nitro groups is 1. The lowest BCUT2D eigenvalue weighted by Crippen LogP contribution is -2.21. The van der Waals surface area contributed by atoms with Gasteiger partial charge in [0.15, 0.2) is 6.61 Å². The van der Waals surface area contributed by atoms with Crippen molar-refractivity contribution >= 4 is 52.1 Å². The number of nitrogen functional groups attached to an aromatic ring is 1. The van der Waals surface area contributed by atoms with Crippen molar-refractivity contribution in [3.63, 3.8) is 0 Å². The molecule has 0 spiro atoms. The van der Waals surface area contributed by atoms with Crippen LogP contribution in [0.4, 0.5) is 17.1 Å². The zero-order chi connectivity index (χ0) is 18.6. The monoisotopic (exact) mass is 383 g/mol. The van der Waals surface area contributed by atoms with E-state index >= 15 is 0 Å². The summed E-state index contributed by atoms with van der Waals surface area (Å²) in [6.45, 7) is -0.672. The smallest absolute Gasteiger partial charge is 0.340 e. The molecular formula is C15H11Cl2N3O5. The molecule has 10 heteroatoms. The van der Waals surface area contributed by atoms with Gasteiger partial charge in [0.25, 0.3) is 11.6 Å². The largest absolute Gasteiger partial charge is 0.452 e. The minimum Gasteiger partial charge on any atom is -0.452 e. The van der Waals surface area contributed by atoms with Gasteiger partial charge in [0.1, 0.15) is 5.69 Å². The number of halogens is 2. The average molecular weight is 384 g/mol. The van der Waals surface area contributed by atoms with Crippen LogP contribution >= 0.6 is 23.2 Å². The van der Waals surface area contributed by atoms with Crippen molar-refractivity contribution in [1.29, 1.82) is 0 Å². The lowest BCUT2D eigenvalue weighted by molar-refractivity contribution is -0.383. The number of carbonyl (C=O) groups is 2. The molecule has 2 aromatic carbocycles. The van der Waals surface area contributed by atoms with E-state index in [0.29, 0.717) is 0 Å². The Kier molecular flexibility index (Phi) is 5.79. The predicted molar refractivity (Wildman–Crippen MR) is 92.9 cm³/mol. The second-order valence-corrected chi connectivity index (χ2v) is 5.65. The predicted octanol–water partition coefficient (Wildman–Crippen LogP) is 3.28. The third-order valence-corrected chi connectivity index (χ3v) is 3.47. The highest BCUT2D eigenvalue weighted by atomic mass is 35.5. The van der Waals surface area contributed by atoms with Gasteiger partial charge >= 0.3 is 5.97 Å². The molecule has 0 aromatic heterocycles. The molecule has 0 unspecified atom stereocenters. The van der Waals surface area contributed by atoms with Gasteiger partial charge in [0, 0.05) is 21.8 Å². The Morgan fingerprint density at radius 2 is 1.80 bits per heavy atom. The van der Waals surface area contributed by atoms with Crippen molar-refractivity contribution < 1.29 is 19.2 Å². The summed E-state index contributed by atoms with van der Waals surface area (Å²) in [6, 6.07) is 7.91. The standard InChI is InChI=1S/C15H11Cl2N3O5/c16-8-1-3-11(18)10(5-8)15(22)25-7-14(21)19-12-6-9(17)2-4-13(12)20(23)24/h1-6H,7,18H2,(H,19,21). The number of hydrogen-bond donors (Lipinski definition) is 2. The highest BCUT2D eigenvalue weighted by Crippen LogP contribution is 2.27. The number of nitro benzene ring substituents is 1. The minimum absolute atomic E-state index is 0.00837. The number of nitrogens with zero attached hydrogens (tertiary/aromatic N) is 1. The summed E-state index contributed by atoms with van der Waals surface area (Å²) in [6.07, 6.45) is 0. The zero-order valence-corrected chi connectivity index (χ0v) is 14.0. The first-order chi connectivity index (χ1) is 11.8.